The van der Waals surface area contributed by atoms with Gasteiger partial charge in [0, 0.05) is 23.0 Å². The van der Waals surface area contributed by atoms with Crippen LogP contribution in [0.1, 0.15) is 43.0 Å². The molecule has 0 saturated carbocycles. The number of halogens is 4. The number of carbonyl (C=O) groups excluding carboxylic acids is 2. The number of nitrogens with zero attached hydrogens (tertiary/aromatic N) is 5. The molecule has 0 aliphatic carbocycles. The summed E-state index contributed by atoms with van der Waals surface area (Å²) in [6.07, 6.45) is -1.44. The summed E-state index contributed by atoms with van der Waals surface area (Å²) in [5, 5.41) is 3.25. The summed E-state index contributed by atoms with van der Waals surface area (Å²) in [5.41, 5.74) is 1.21. The lowest BCUT2D eigenvalue weighted by Gasteiger charge is -2.14. The molecule has 10 nitrogen and oxygen atoms in total. The van der Waals surface area contributed by atoms with E-state index in [4.69, 9.17) is 20.8 Å². The standard InChI is InChI=1S/C23H16ClF3N6O4S/c1-10-3-11(12-4-18(24)29-6-15(12)36-2)13(5-28-10)19(34)32-22-30-14-7-33(8-16(14)38-22)21(35)20-31-17(9-37-20)23(25,26)27/h3-6,9H,7-8H2,1-2H3,(H,30,32,34). The predicted molar refractivity (Wildman–Crippen MR) is 129 cm³/mol. The molecule has 15 heteroatoms. The molecule has 0 bridgehead atoms. The van der Waals surface area contributed by atoms with E-state index in [1.165, 1.54) is 24.4 Å². The van der Waals surface area contributed by atoms with Crippen LogP contribution in [0.2, 0.25) is 5.15 Å². The summed E-state index contributed by atoms with van der Waals surface area (Å²) in [6, 6.07) is 3.31. The number of carbonyl (C=O) groups is 2. The van der Waals surface area contributed by atoms with Crippen LogP contribution in [0, 0.1) is 6.92 Å². The van der Waals surface area contributed by atoms with Gasteiger partial charge in [0.05, 0.1) is 42.5 Å². The van der Waals surface area contributed by atoms with Crippen molar-refractivity contribution in [2.45, 2.75) is 26.2 Å². The van der Waals surface area contributed by atoms with Crippen LogP contribution in [-0.4, -0.2) is 43.8 Å². The van der Waals surface area contributed by atoms with E-state index in [2.05, 4.69) is 25.3 Å². The molecular weight excluding hydrogens is 549 g/mol. The molecular formula is C23H16ClF3N6O4S. The minimum absolute atomic E-state index is 0.0221. The SMILES string of the molecule is COc1cnc(Cl)cc1-c1cc(C)ncc1C(=O)Nc1nc2c(s1)CN(C(=O)c1nc(C(F)(F)F)co1)C2. The Kier molecular flexibility index (Phi) is 6.53. The van der Waals surface area contributed by atoms with E-state index in [9.17, 15) is 22.8 Å². The van der Waals surface area contributed by atoms with E-state index >= 15 is 0 Å². The Labute approximate surface area is 221 Å². The Morgan fingerprint density at radius 1 is 1.16 bits per heavy atom. The molecule has 196 valence electrons. The third-order valence-corrected chi connectivity index (χ3v) is 6.77. The van der Waals surface area contributed by atoms with Gasteiger partial charge in [0.1, 0.15) is 17.2 Å². The van der Waals surface area contributed by atoms with Gasteiger partial charge in [0.25, 0.3) is 11.8 Å². The zero-order valence-electron chi connectivity index (χ0n) is 19.6. The third-order valence-electron chi connectivity index (χ3n) is 5.57. The normalized spacial score (nSPS) is 12.9. The average molecular weight is 565 g/mol. The monoisotopic (exact) mass is 564 g/mol. The Bertz CT molecular complexity index is 1550. The molecule has 4 aromatic heterocycles. The summed E-state index contributed by atoms with van der Waals surface area (Å²) in [4.78, 5) is 43.6. The van der Waals surface area contributed by atoms with Crippen LogP contribution in [0.4, 0.5) is 18.3 Å². The number of thiazole rings is 1. The molecule has 5 heterocycles. The van der Waals surface area contributed by atoms with Gasteiger partial charge >= 0.3 is 12.1 Å². The van der Waals surface area contributed by atoms with Crippen LogP contribution in [0.5, 0.6) is 5.75 Å². The number of anilines is 1. The number of oxazole rings is 1. The molecule has 0 radical (unpaired) electrons. The van der Waals surface area contributed by atoms with E-state index in [1.807, 2.05) is 0 Å². The van der Waals surface area contributed by atoms with Crippen molar-refractivity contribution < 1.29 is 31.9 Å². The number of nitrogens with one attached hydrogen (secondary N) is 1. The minimum Gasteiger partial charge on any atom is -0.494 e. The molecule has 0 aromatic carbocycles. The first-order valence-electron chi connectivity index (χ1n) is 10.8. The smallest absolute Gasteiger partial charge is 0.436 e. The molecule has 2 amide bonds. The highest BCUT2D eigenvalue weighted by Gasteiger charge is 2.37. The number of aryl methyl sites for hydroxylation is 1. The molecule has 0 atom stereocenters. The van der Waals surface area contributed by atoms with Crippen LogP contribution in [-0.2, 0) is 19.3 Å². The molecule has 5 rings (SSSR count). The van der Waals surface area contributed by atoms with Gasteiger partial charge in [-0.15, -0.1) is 0 Å². The van der Waals surface area contributed by atoms with E-state index in [-0.39, 0.29) is 28.9 Å². The number of alkyl halides is 3. The van der Waals surface area contributed by atoms with E-state index in [0.717, 1.165) is 11.3 Å². The number of fused-ring (bicyclic) bond motifs is 1. The maximum Gasteiger partial charge on any atom is 0.436 e. The number of aromatic nitrogens is 4. The fourth-order valence-electron chi connectivity index (χ4n) is 3.79. The maximum absolute atomic E-state index is 13.2. The van der Waals surface area contributed by atoms with Crippen molar-refractivity contribution in [1.82, 2.24) is 24.8 Å². The molecule has 0 unspecified atom stereocenters. The van der Waals surface area contributed by atoms with E-state index in [0.29, 0.717) is 39.4 Å². The largest absolute Gasteiger partial charge is 0.494 e. The van der Waals surface area contributed by atoms with Crippen molar-refractivity contribution in [1.29, 1.82) is 0 Å². The second-order valence-corrected chi connectivity index (χ2v) is 9.59. The van der Waals surface area contributed by atoms with Crippen molar-refractivity contribution in [2.75, 3.05) is 12.4 Å². The fraction of sp³-hybridized carbons (Fsp3) is 0.217. The average Bonchev–Trinajstić information content (AvgIpc) is 3.58. The number of pyridine rings is 2. The second-order valence-electron chi connectivity index (χ2n) is 8.12. The first kappa shape index (κ1) is 25.6. The van der Waals surface area contributed by atoms with Gasteiger partial charge in [0.15, 0.2) is 10.8 Å². The number of ether oxygens (including phenoxy) is 1. The van der Waals surface area contributed by atoms with Gasteiger partial charge in [-0.25, -0.2) is 15.0 Å². The zero-order valence-corrected chi connectivity index (χ0v) is 21.2. The number of hydrogen-bond acceptors (Lipinski definition) is 9. The number of methoxy groups -OCH3 is 1. The lowest BCUT2D eigenvalue weighted by Crippen LogP contribution is -2.26. The fourth-order valence-corrected chi connectivity index (χ4v) is 4.93. The van der Waals surface area contributed by atoms with E-state index < -0.39 is 29.6 Å². The van der Waals surface area contributed by atoms with Crippen molar-refractivity contribution in [2.24, 2.45) is 0 Å². The molecule has 38 heavy (non-hydrogen) atoms. The highest BCUT2D eigenvalue weighted by molar-refractivity contribution is 7.16. The summed E-state index contributed by atoms with van der Waals surface area (Å²) in [5.74, 6) is -1.52. The molecule has 1 aliphatic heterocycles. The molecule has 0 fully saturated rings. The molecule has 0 spiro atoms. The Hall–Kier alpha value is -4.04. The summed E-state index contributed by atoms with van der Waals surface area (Å²) >= 11 is 7.22. The second kappa shape index (κ2) is 9.68. The van der Waals surface area contributed by atoms with Crippen LogP contribution >= 0.6 is 22.9 Å². The highest BCUT2D eigenvalue weighted by atomic mass is 35.5. The summed E-state index contributed by atoms with van der Waals surface area (Å²) in [7, 11) is 1.48. The van der Waals surface area contributed by atoms with Crippen molar-refractivity contribution in [3.8, 4) is 16.9 Å². The summed E-state index contributed by atoms with van der Waals surface area (Å²) < 4.78 is 48.4. The first-order valence-corrected chi connectivity index (χ1v) is 12.0. The minimum atomic E-state index is -4.72. The predicted octanol–water partition coefficient (Wildman–Crippen LogP) is 4.99. The van der Waals surface area contributed by atoms with Gasteiger partial charge in [-0.05, 0) is 19.1 Å². The zero-order chi connectivity index (χ0) is 27.2. The summed E-state index contributed by atoms with van der Waals surface area (Å²) in [6.45, 7) is 1.88. The number of hydrogen-bond donors (Lipinski definition) is 1. The third kappa shape index (κ3) is 4.91. The highest BCUT2D eigenvalue weighted by Crippen LogP contribution is 2.36. The first-order chi connectivity index (χ1) is 18.0. The lowest BCUT2D eigenvalue weighted by atomic mass is 10.0. The quantitative estimate of drug-likeness (QED) is 0.336. The Balaban J connectivity index is 1.33. The Morgan fingerprint density at radius 3 is 2.63 bits per heavy atom. The topological polar surface area (TPSA) is 123 Å². The van der Waals surface area contributed by atoms with Gasteiger partial charge in [-0.3, -0.25) is 19.9 Å². The van der Waals surface area contributed by atoms with Gasteiger partial charge < -0.3 is 14.1 Å². The molecule has 1 N–H and O–H groups in total. The number of amides is 2. The van der Waals surface area contributed by atoms with Crippen LogP contribution in [0.15, 0.2) is 35.2 Å². The van der Waals surface area contributed by atoms with Crippen LogP contribution < -0.4 is 10.1 Å². The van der Waals surface area contributed by atoms with Gasteiger partial charge in [-0.1, -0.05) is 22.9 Å². The number of rotatable bonds is 5. The van der Waals surface area contributed by atoms with Crippen LogP contribution in [0.25, 0.3) is 11.1 Å². The molecule has 1 aliphatic rings. The van der Waals surface area contributed by atoms with Crippen LogP contribution in [0.3, 0.4) is 0 Å². The van der Waals surface area contributed by atoms with E-state index in [1.54, 1.807) is 19.1 Å². The lowest BCUT2D eigenvalue weighted by molar-refractivity contribution is -0.141. The Morgan fingerprint density at radius 2 is 1.95 bits per heavy atom. The molecule has 0 saturated heterocycles. The van der Waals surface area contributed by atoms with Gasteiger partial charge in [-0.2, -0.15) is 13.2 Å². The van der Waals surface area contributed by atoms with Gasteiger partial charge in [0.2, 0.25) is 0 Å². The maximum atomic E-state index is 13.2. The van der Waals surface area contributed by atoms with Crippen molar-refractivity contribution in [3.05, 3.63) is 69.4 Å². The molecule has 4 aromatic rings. The van der Waals surface area contributed by atoms with Crippen molar-refractivity contribution >= 4 is 39.9 Å². The van der Waals surface area contributed by atoms with Crippen molar-refractivity contribution in [3.63, 3.8) is 0 Å².